The van der Waals surface area contributed by atoms with Gasteiger partial charge in [0.25, 0.3) is 0 Å². The number of carbonyl (C=O) groups excluding carboxylic acids is 2. The zero-order valence-electron chi connectivity index (χ0n) is 18.5. The number of ketones is 1. The van der Waals surface area contributed by atoms with E-state index in [-0.39, 0.29) is 11.2 Å². The van der Waals surface area contributed by atoms with Crippen LogP contribution in [0.2, 0.25) is 0 Å². The highest BCUT2D eigenvalue weighted by Crippen LogP contribution is 2.40. The first-order chi connectivity index (χ1) is 14.7. The smallest absolute Gasteiger partial charge is 0.337 e. The molecule has 164 valence electrons. The molecule has 4 rings (SSSR count). The molecule has 3 aromatic rings. The number of aromatic nitrogens is 1. The van der Waals surface area contributed by atoms with Gasteiger partial charge in [0, 0.05) is 35.7 Å². The molecule has 6 heteroatoms. The van der Waals surface area contributed by atoms with Gasteiger partial charge >= 0.3 is 5.97 Å². The first-order valence-electron chi connectivity index (χ1n) is 10.4. The van der Waals surface area contributed by atoms with Gasteiger partial charge in [-0.05, 0) is 35.6 Å². The summed E-state index contributed by atoms with van der Waals surface area (Å²) in [5.41, 5.74) is 2.85. The van der Waals surface area contributed by atoms with Crippen molar-refractivity contribution in [1.29, 1.82) is 0 Å². The number of halogens is 2. The van der Waals surface area contributed by atoms with Crippen molar-refractivity contribution < 1.29 is 23.1 Å². The molecule has 0 fully saturated rings. The fraction of sp³-hybridized carbons (Fsp3) is 0.360. The minimum atomic E-state index is -0.961. The Kier molecular flexibility index (Phi) is 6.30. The molecule has 1 aromatic heterocycles. The molecule has 0 unspecified atom stereocenters. The summed E-state index contributed by atoms with van der Waals surface area (Å²) in [6.07, 6.45) is 0.998. The number of hydrogen-bond acceptors (Lipinski definition) is 3. The van der Waals surface area contributed by atoms with E-state index < -0.39 is 17.6 Å². The quantitative estimate of drug-likeness (QED) is 0.486. The van der Waals surface area contributed by atoms with Gasteiger partial charge in [0.1, 0.15) is 0 Å². The van der Waals surface area contributed by atoms with E-state index in [1.807, 2.05) is 32.3 Å². The van der Waals surface area contributed by atoms with Gasteiger partial charge in [0.05, 0.1) is 18.2 Å². The molecule has 0 radical (unpaired) electrons. The van der Waals surface area contributed by atoms with Gasteiger partial charge in [-0.25, -0.2) is 13.6 Å². The summed E-state index contributed by atoms with van der Waals surface area (Å²) < 4.78 is 34.6. The summed E-state index contributed by atoms with van der Waals surface area (Å²) in [6.45, 7) is 8.41. The highest BCUT2D eigenvalue weighted by Gasteiger charge is 2.35. The Morgan fingerprint density at radius 2 is 1.68 bits per heavy atom. The van der Waals surface area contributed by atoms with Crippen molar-refractivity contribution in [1.82, 2.24) is 4.57 Å². The van der Waals surface area contributed by atoms with E-state index in [1.165, 1.54) is 7.11 Å². The molecule has 4 nitrogen and oxygen atoms in total. The molecule has 0 atom stereocenters. The molecule has 1 aliphatic rings. The fourth-order valence-corrected chi connectivity index (χ4v) is 4.16. The molecule has 0 amide bonds. The average Bonchev–Trinajstić information content (AvgIpc) is 3.01. The highest BCUT2D eigenvalue weighted by molar-refractivity contribution is 6.10. The standard InChI is InChI=1S/C23H21F2NO3.C2H6/c1-23(2)10-19-21(20(27)11-23)15-8-16(24)17(25)9-18(15)26(19)12-13-4-6-14(7-5-13)22(28)29-3;1-2/h4-9H,10-12H2,1-3H3;1-2H3. The number of methoxy groups -OCH3 is 1. The number of carbonyl (C=O) groups is 2. The van der Waals surface area contributed by atoms with E-state index in [2.05, 4.69) is 0 Å². The molecule has 0 saturated carbocycles. The van der Waals surface area contributed by atoms with Crippen LogP contribution in [0.15, 0.2) is 36.4 Å². The third kappa shape index (κ3) is 4.24. The molecule has 0 aliphatic heterocycles. The predicted octanol–water partition coefficient (Wildman–Crippen LogP) is 5.94. The SMILES string of the molecule is CC.COC(=O)c1ccc(Cn2c3c(c4cc(F)c(F)cc42)C(=O)CC(C)(C)C3)cc1. The van der Waals surface area contributed by atoms with Gasteiger partial charge in [0.15, 0.2) is 17.4 Å². The Hall–Kier alpha value is -3.02. The Balaban J connectivity index is 0.00000132. The zero-order valence-corrected chi connectivity index (χ0v) is 18.5. The zero-order chi connectivity index (χ0) is 22.9. The Morgan fingerprint density at radius 3 is 2.29 bits per heavy atom. The van der Waals surface area contributed by atoms with Crippen LogP contribution in [0, 0.1) is 17.0 Å². The number of ether oxygens (including phenoxy) is 1. The largest absolute Gasteiger partial charge is 0.465 e. The molecule has 31 heavy (non-hydrogen) atoms. The topological polar surface area (TPSA) is 48.3 Å². The van der Waals surface area contributed by atoms with E-state index in [0.29, 0.717) is 41.4 Å². The number of nitrogens with zero attached hydrogens (tertiary/aromatic N) is 1. The summed E-state index contributed by atoms with van der Waals surface area (Å²) in [5, 5.41) is 0.450. The van der Waals surface area contributed by atoms with Gasteiger partial charge in [-0.3, -0.25) is 4.79 Å². The summed E-state index contributed by atoms with van der Waals surface area (Å²) in [6, 6.07) is 9.19. The van der Waals surface area contributed by atoms with Crippen LogP contribution in [0.3, 0.4) is 0 Å². The summed E-state index contributed by atoms with van der Waals surface area (Å²) in [7, 11) is 1.32. The summed E-state index contributed by atoms with van der Waals surface area (Å²) >= 11 is 0. The van der Waals surface area contributed by atoms with Crippen LogP contribution >= 0.6 is 0 Å². The second-order valence-electron chi connectivity index (χ2n) is 8.32. The van der Waals surface area contributed by atoms with Crippen LogP contribution in [0.1, 0.15) is 66.1 Å². The van der Waals surface area contributed by atoms with E-state index in [4.69, 9.17) is 4.74 Å². The monoisotopic (exact) mass is 427 g/mol. The Morgan fingerprint density at radius 1 is 1.06 bits per heavy atom. The number of rotatable bonds is 3. The van der Waals surface area contributed by atoms with E-state index >= 15 is 0 Å². The van der Waals surface area contributed by atoms with Crippen LogP contribution in [0.5, 0.6) is 0 Å². The molecule has 0 N–H and O–H groups in total. The molecule has 1 aliphatic carbocycles. The molecule has 2 aromatic carbocycles. The first-order valence-corrected chi connectivity index (χ1v) is 10.4. The van der Waals surface area contributed by atoms with Crippen molar-refractivity contribution >= 4 is 22.7 Å². The summed E-state index contributed by atoms with van der Waals surface area (Å²) in [5.74, 6) is -2.38. The van der Waals surface area contributed by atoms with Crippen molar-refractivity contribution in [2.45, 2.75) is 47.1 Å². The average molecular weight is 427 g/mol. The maximum Gasteiger partial charge on any atom is 0.337 e. The molecular weight excluding hydrogens is 400 g/mol. The molecule has 0 spiro atoms. The van der Waals surface area contributed by atoms with Crippen molar-refractivity contribution in [2.24, 2.45) is 5.41 Å². The fourth-order valence-electron chi connectivity index (χ4n) is 4.16. The second-order valence-corrected chi connectivity index (χ2v) is 8.32. The van der Waals surface area contributed by atoms with Crippen LogP contribution in [-0.2, 0) is 17.7 Å². The number of fused-ring (bicyclic) bond motifs is 3. The van der Waals surface area contributed by atoms with Crippen molar-refractivity contribution in [3.8, 4) is 0 Å². The number of benzene rings is 2. The van der Waals surface area contributed by atoms with Crippen LogP contribution < -0.4 is 0 Å². The maximum atomic E-state index is 14.0. The third-order valence-corrected chi connectivity index (χ3v) is 5.49. The lowest BCUT2D eigenvalue weighted by Crippen LogP contribution is -2.28. The van der Waals surface area contributed by atoms with E-state index in [0.717, 1.165) is 23.4 Å². The lowest BCUT2D eigenvalue weighted by atomic mass is 9.75. The van der Waals surface area contributed by atoms with Gasteiger partial charge < -0.3 is 9.30 Å². The molecule has 0 saturated heterocycles. The second kappa shape index (κ2) is 8.61. The lowest BCUT2D eigenvalue weighted by Gasteiger charge is -2.30. The van der Waals surface area contributed by atoms with Crippen LogP contribution in [0.25, 0.3) is 10.9 Å². The predicted molar refractivity (Wildman–Crippen MR) is 117 cm³/mol. The molecular formula is C25H27F2NO3. The number of Topliss-reactive ketones (excluding diaryl/α,β-unsaturated/α-hetero) is 1. The van der Waals surface area contributed by atoms with E-state index in [9.17, 15) is 18.4 Å². The number of hydrogen-bond donors (Lipinski definition) is 0. The van der Waals surface area contributed by atoms with Crippen molar-refractivity contribution in [3.63, 3.8) is 0 Å². The van der Waals surface area contributed by atoms with Crippen LogP contribution in [-0.4, -0.2) is 23.4 Å². The Labute approximate surface area is 180 Å². The number of esters is 1. The van der Waals surface area contributed by atoms with Crippen LogP contribution in [0.4, 0.5) is 8.78 Å². The van der Waals surface area contributed by atoms with Gasteiger partial charge in [-0.15, -0.1) is 0 Å². The van der Waals surface area contributed by atoms with E-state index in [1.54, 1.807) is 24.3 Å². The first kappa shape index (κ1) is 22.7. The minimum absolute atomic E-state index is 0.0490. The maximum absolute atomic E-state index is 14.0. The Bertz CT molecular complexity index is 1140. The van der Waals surface area contributed by atoms with Gasteiger partial charge in [-0.1, -0.05) is 39.8 Å². The summed E-state index contributed by atoms with van der Waals surface area (Å²) in [4.78, 5) is 24.5. The van der Waals surface area contributed by atoms with Crippen molar-refractivity contribution in [3.05, 3.63) is 70.4 Å². The lowest BCUT2D eigenvalue weighted by molar-refractivity contribution is 0.0600. The minimum Gasteiger partial charge on any atom is -0.465 e. The van der Waals surface area contributed by atoms with Gasteiger partial charge in [0.2, 0.25) is 0 Å². The third-order valence-electron chi connectivity index (χ3n) is 5.49. The van der Waals surface area contributed by atoms with Gasteiger partial charge in [-0.2, -0.15) is 0 Å². The molecule has 0 bridgehead atoms. The molecule has 1 heterocycles. The normalized spacial score (nSPS) is 14.6. The van der Waals surface area contributed by atoms with Crippen molar-refractivity contribution in [2.75, 3.05) is 7.11 Å². The highest BCUT2D eigenvalue weighted by atomic mass is 19.2.